The minimum absolute atomic E-state index is 0.0323. The van der Waals surface area contributed by atoms with Crippen molar-refractivity contribution in [3.8, 4) is 5.75 Å². The van der Waals surface area contributed by atoms with Gasteiger partial charge in [-0.3, -0.25) is 4.98 Å². The molecule has 0 radical (unpaired) electrons. The van der Waals surface area contributed by atoms with Crippen LogP contribution >= 0.6 is 0 Å². The van der Waals surface area contributed by atoms with Gasteiger partial charge in [0.2, 0.25) is 0 Å². The van der Waals surface area contributed by atoms with E-state index in [2.05, 4.69) is 17.2 Å². The molecule has 1 heterocycles. The lowest BCUT2D eigenvalue weighted by Gasteiger charge is -2.16. The van der Waals surface area contributed by atoms with E-state index in [0.29, 0.717) is 6.61 Å². The van der Waals surface area contributed by atoms with Crippen LogP contribution in [0.5, 0.6) is 5.75 Å². The van der Waals surface area contributed by atoms with E-state index in [1.807, 2.05) is 26.0 Å². The Morgan fingerprint density at radius 1 is 1.41 bits per heavy atom. The maximum Gasteiger partial charge on any atom is 0.142 e. The number of aromatic nitrogens is 1. The van der Waals surface area contributed by atoms with E-state index >= 15 is 0 Å². The molecule has 0 aliphatic heterocycles. The molecule has 4 heteroatoms. The summed E-state index contributed by atoms with van der Waals surface area (Å²) in [6.45, 7) is 8.27. The topological polar surface area (TPSA) is 43.4 Å². The summed E-state index contributed by atoms with van der Waals surface area (Å²) in [5.41, 5.74) is 1.96. The molecular formula is C13H22N2O2. The smallest absolute Gasteiger partial charge is 0.142 e. The quantitative estimate of drug-likeness (QED) is 0.788. The van der Waals surface area contributed by atoms with E-state index in [1.165, 1.54) is 0 Å². The van der Waals surface area contributed by atoms with Crippen LogP contribution in [0.2, 0.25) is 0 Å². The van der Waals surface area contributed by atoms with Crippen molar-refractivity contribution in [2.75, 3.05) is 20.3 Å². The summed E-state index contributed by atoms with van der Waals surface area (Å²) in [6.07, 6.45) is 0.0323. The van der Waals surface area contributed by atoms with Gasteiger partial charge in [-0.1, -0.05) is 6.92 Å². The first kappa shape index (κ1) is 13.9. The molecule has 0 bridgehead atoms. The molecule has 96 valence electrons. The number of ether oxygens (including phenoxy) is 2. The number of methoxy groups -OCH3 is 1. The predicted molar refractivity (Wildman–Crippen MR) is 68.3 cm³/mol. The lowest BCUT2D eigenvalue weighted by molar-refractivity contribution is 0.0910. The maximum absolute atomic E-state index is 5.81. The number of hydrogen-bond donors (Lipinski definition) is 1. The van der Waals surface area contributed by atoms with Gasteiger partial charge < -0.3 is 14.8 Å². The lowest BCUT2D eigenvalue weighted by Crippen LogP contribution is -2.21. The van der Waals surface area contributed by atoms with Gasteiger partial charge in [0.1, 0.15) is 11.9 Å². The van der Waals surface area contributed by atoms with E-state index < -0.39 is 0 Å². The van der Waals surface area contributed by atoms with E-state index in [4.69, 9.17) is 9.47 Å². The molecule has 0 aliphatic rings. The summed E-state index contributed by atoms with van der Waals surface area (Å²) in [7, 11) is 1.67. The molecular weight excluding hydrogens is 216 g/mol. The fourth-order valence-corrected chi connectivity index (χ4v) is 1.56. The zero-order chi connectivity index (χ0) is 12.7. The van der Waals surface area contributed by atoms with Crippen molar-refractivity contribution in [1.29, 1.82) is 0 Å². The van der Waals surface area contributed by atoms with Crippen LogP contribution in [0.1, 0.15) is 25.2 Å². The average molecular weight is 238 g/mol. The third-order valence-electron chi connectivity index (χ3n) is 2.34. The highest BCUT2D eigenvalue weighted by atomic mass is 16.5. The zero-order valence-electron chi connectivity index (χ0n) is 11.1. The second-order valence-corrected chi connectivity index (χ2v) is 4.06. The first-order valence-corrected chi connectivity index (χ1v) is 6.00. The predicted octanol–water partition coefficient (Wildman–Crippen LogP) is 1.91. The van der Waals surface area contributed by atoms with Crippen molar-refractivity contribution < 1.29 is 9.47 Å². The minimum atomic E-state index is 0.0323. The van der Waals surface area contributed by atoms with Gasteiger partial charge in [0, 0.05) is 19.3 Å². The minimum Gasteiger partial charge on any atom is -0.486 e. The SMILES string of the molecule is CCNCc1nc(C)ccc1OC(C)COC. The second-order valence-electron chi connectivity index (χ2n) is 4.06. The number of nitrogens with zero attached hydrogens (tertiary/aromatic N) is 1. The highest BCUT2D eigenvalue weighted by Gasteiger charge is 2.09. The third kappa shape index (κ3) is 4.71. The van der Waals surface area contributed by atoms with E-state index in [9.17, 15) is 0 Å². The number of pyridine rings is 1. The van der Waals surface area contributed by atoms with Crippen molar-refractivity contribution in [2.45, 2.75) is 33.4 Å². The molecule has 1 aromatic heterocycles. The molecule has 0 amide bonds. The third-order valence-corrected chi connectivity index (χ3v) is 2.34. The fraction of sp³-hybridized carbons (Fsp3) is 0.615. The first-order chi connectivity index (χ1) is 8.17. The standard InChI is InChI=1S/C13H22N2O2/c1-5-14-8-12-13(7-6-10(2)15-12)17-11(3)9-16-4/h6-7,11,14H,5,8-9H2,1-4H3. The number of nitrogens with one attached hydrogen (secondary N) is 1. The van der Waals surface area contributed by atoms with E-state index in [0.717, 1.165) is 30.2 Å². The van der Waals surface area contributed by atoms with Crippen molar-refractivity contribution in [2.24, 2.45) is 0 Å². The largest absolute Gasteiger partial charge is 0.486 e. The molecule has 0 aliphatic carbocycles. The average Bonchev–Trinajstić information content (AvgIpc) is 2.30. The Balaban J connectivity index is 2.74. The van der Waals surface area contributed by atoms with Gasteiger partial charge in [-0.15, -0.1) is 0 Å². The summed E-state index contributed by atoms with van der Waals surface area (Å²) >= 11 is 0. The van der Waals surface area contributed by atoms with Crippen molar-refractivity contribution in [1.82, 2.24) is 10.3 Å². The lowest BCUT2D eigenvalue weighted by atomic mass is 10.2. The van der Waals surface area contributed by atoms with Gasteiger partial charge in [0.15, 0.2) is 0 Å². The van der Waals surface area contributed by atoms with Crippen molar-refractivity contribution >= 4 is 0 Å². The highest BCUT2D eigenvalue weighted by Crippen LogP contribution is 2.18. The molecule has 0 fully saturated rings. The van der Waals surface area contributed by atoms with Gasteiger partial charge in [-0.25, -0.2) is 0 Å². The molecule has 1 N–H and O–H groups in total. The van der Waals surface area contributed by atoms with Crippen LogP contribution in [0.15, 0.2) is 12.1 Å². The molecule has 1 unspecified atom stereocenters. The van der Waals surface area contributed by atoms with Gasteiger partial charge >= 0.3 is 0 Å². The Morgan fingerprint density at radius 2 is 2.18 bits per heavy atom. The number of hydrogen-bond acceptors (Lipinski definition) is 4. The van der Waals surface area contributed by atoms with Crippen LogP contribution in [0.25, 0.3) is 0 Å². The molecule has 4 nitrogen and oxygen atoms in total. The van der Waals surface area contributed by atoms with Crippen molar-refractivity contribution in [3.05, 3.63) is 23.5 Å². The summed E-state index contributed by atoms with van der Waals surface area (Å²) in [5, 5.41) is 3.26. The monoisotopic (exact) mass is 238 g/mol. The van der Waals surface area contributed by atoms with Crippen molar-refractivity contribution in [3.63, 3.8) is 0 Å². The van der Waals surface area contributed by atoms with E-state index in [1.54, 1.807) is 7.11 Å². The van der Waals surface area contributed by atoms with Gasteiger partial charge in [-0.2, -0.15) is 0 Å². The van der Waals surface area contributed by atoms with Gasteiger partial charge in [0.05, 0.1) is 12.3 Å². The normalized spacial score (nSPS) is 12.5. The molecule has 0 aromatic carbocycles. The Morgan fingerprint density at radius 3 is 2.82 bits per heavy atom. The molecule has 0 saturated heterocycles. The molecule has 1 atom stereocenters. The number of rotatable bonds is 7. The molecule has 1 aromatic rings. The molecule has 1 rings (SSSR count). The summed E-state index contributed by atoms with van der Waals surface area (Å²) < 4.78 is 10.9. The van der Waals surface area contributed by atoms with E-state index in [-0.39, 0.29) is 6.10 Å². The number of aryl methyl sites for hydroxylation is 1. The van der Waals surface area contributed by atoms with Crippen LogP contribution in [-0.4, -0.2) is 31.3 Å². The molecule has 0 spiro atoms. The zero-order valence-corrected chi connectivity index (χ0v) is 11.1. The second kappa shape index (κ2) is 7.25. The van der Waals surface area contributed by atoms with Crippen LogP contribution in [0.3, 0.4) is 0 Å². The summed E-state index contributed by atoms with van der Waals surface area (Å²) in [5.74, 6) is 0.834. The Bertz CT molecular complexity index is 342. The maximum atomic E-state index is 5.81. The molecule has 17 heavy (non-hydrogen) atoms. The molecule has 0 saturated carbocycles. The van der Waals surface area contributed by atoms with Crippen LogP contribution < -0.4 is 10.1 Å². The van der Waals surface area contributed by atoms with Crippen LogP contribution in [0, 0.1) is 6.92 Å². The van der Waals surface area contributed by atoms with Crippen LogP contribution in [0.4, 0.5) is 0 Å². The van der Waals surface area contributed by atoms with Gasteiger partial charge in [-0.05, 0) is 32.5 Å². The summed E-state index contributed by atoms with van der Waals surface area (Å²) in [4.78, 5) is 4.50. The Labute approximate surface area is 103 Å². The highest BCUT2D eigenvalue weighted by molar-refractivity contribution is 5.29. The first-order valence-electron chi connectivity index (χ1n) is 6.00. The Kier molecular flexibility index (Phi) is 5.94. The van der Waals surface area contributed by atoms with Crippen LogP contribution in [-0.2, 0) is 11.3 Å². The van der Waals surface area contributed by atoms with Gasteiger partial charge in [0.25, 0.3) is 0 Å². The Hall–Kier alpha value is -1.13. The summed E-state index contributed by atoms with van der Waals surface area (Å²) in [6, 6.07) is 3.94. The fourth-order valence-electron chi connectivity index (χ4n) is 1.56.